The lowest BCUT2D eigenvalue weighted by Crippen LogP contribution is -1.98. The molecule has 14 heavy (non-hydrogen) atoms. The van der Waals surface area contributed by atoms with Crippen LogP contribution in [-0.4, -0.2) is 5.97 Å². The molecular formula is C12H22O2. The van der Waals surface area contributed by atoms with E-state index in [2.05, 4.69) is 13.8 Å². The van der Waals surface area contributed by atoms with Crippen molar-refractivity contribution in [3.8, 4) is 0 Å². The molecule has 0 aromatic carbocycles. The van der Waals surface area contributed by atoms with Crippen LogP contribution in [-0.2, 0) is 9.53 Å². The zero-order valence-corrected chi connectivity index (χ0v) is 9.42. The topological polar surface area (TPSA) is 26.3 Å². The fourth-order valence-electron chi connectivity index (χ4n) is 1.09. The van der Waals surface area contributed by atoms with Crippen LogP contribution >= 0.6 is 0 Å². The minimum Gasteiger partial charge on any atom is -0.435 e. The minimum absolute atomic E-state index is 0.105. The molecule has 0 aliphatic carbocycles. The number of esters is 1. The molecule has 0 spiro atoms. The molecule has 0 aliphatic heterocycles. The smallest absolute Gasteiger partial charge is 0.310 e. The number of hydrogen-bond acceptors (Lipinski definition) is 2. The Labute approximate surface area is 87.3 Å². The fraction of sp³-hybridized carbons (Fsp3) is 0.750. The van der Waals surface area contributed by atoms with Gasteiger partial charge in [0.1, 0.15) is 0 Å². The first-order valence-electron chi connectivity index (χ1n) is 5.65. The van der Waals surface area contributed by atoms with Crippen LogP contribution in [0.5, 0.6) is 0 Å². The Bertz CT molecular complexity index is 162. The molecule has 0 fully saturated rings. The highest BCUT2D eigenvalue weighted by molar-refractivity contribution is 5.69. The second kappa shape index (κ2) is 10.3. The van der Waals surface area contributed by atoms with E-state index in [1.54, 1.807) is 0 Å². The van der Waals surface area contributed by atoms with Gasteiger partial charge in [-0.2, -0.15) is 0 Å². The zero-order valence-electron chi connectivity index (χ0n) is 9.42. The summed E-state index contributed by atoms with van der Waals surface area (Å²) in [7, 11) is 0. The van der Waals surface area contributed by atoms with Gasteiger partial charge >= 0.3 is 5.97 Å². The van der Waals surface area contributed by atoms with Gasteiger partial charge in [0.25, 0.3) is 0 Å². The molecule has 2 heteroatoms. The van der Waals surface area contributed by atoms with Crippen LogP contribution in [0.3, 0.4) is 0 Å². The summed E-state index contributed by atoms with van der Waals surface area (Å²) in [5.41, 5.74) is 0. The highest BCUT2D eigenvalue weighted by atomic mass is 16.5. The lowest BCUT2D eigenvalue weighted by atomic mass is 10.2. The number of allylic oxidation sites excluding steroid dienone is 1. The van der Waals surface area contributed by atoms with Crippen molar-refractivity contribution in [2.45, 2.75) is 58.8 Å². The van der Waals surface area contributed by atoms with Gasteiger partial charge in [-0.15, -0.1) is 0 Å². The molecule has 0 atom stereocenters. The molecule has 0 amide bonds. The van der Waals surface area contributed by atoms with Crippen molar-refractivity contribution >= 4 is 5.97 Å². The van der Waals surface area contributed by atoms with Crippen LogP contribution in [0.1, 0.15) is 58.8 Å². The van der Waals surface area contributed by atoms with E-state index in [-0.39, 0.29) is 5.97 Å². The van der Waals surface area contributed by atoms with E-state index in [0.29, 0.717) is 6.42 Å². The number of carbonyl (C=O) groups is 1. The third kappa shape index (κ3) is 9.30. The SMILES string of the molecule is CCCC/C=C\OC(=O)CCCCC. The van der Waals surface area contributed by atoms with Crippen molar-refractivity contribution in [1.82, 2.24) is 0 Å². The summed E-state index contributed by atoms with van der Waals surface area (Å²) in [6.07, 6.45) is 10.5. The lowest BCUT2D eigenvalue weighted by Gasteiger charge is -1.97. The van der Waals surface area contributed by atoms with Crippen molar-refractivity contribution in [3.05, 3.63) is 12.3 Å². The van der Waals surface area contributed by atoms with E-state index < -0.39 is 0 Å². The Balaban J connectivity index is 3.29. The molecule has 2 nitrogen and oxygen atoms in total. The van der Waals surface area contributed by atoms with Crippen LogP contribution in [0.4, 0.5) is 0 Å². The number of unbranched alkanes of at least 4 members (excludes halogenated alkanes) is 4. The van der Waals surface area contributed by atoms with Crippen LogP contribution in [0.25, 0.3) is 0 Å². The Hall–Kier alpha value is -0.790. The Morgan fingerprint density at radius 1 is 1.14 bits per heavy atom. The quantitative estimate of drug-likeness (QED) is 0.337. The average Bonchev–Trinajstić information content (AvgIpc) is 2.18. The first kappa shape index (κ1) is 13.2. The number of rotatable bonds is 8. The standard InChI is InChI=1S/C12H22O2/c1-3-5-7-9-11-14-12(13)10-8-6-4-2/h9,11H,3-8,10H2,1-2H3/b11-9-. The largest absolute Gasteiger partial charge is 0.435 e. The Morgan fingerprint density at radius 2 is 1.86 bits per heavy atom. The van der Waals surface area contributed by atoms with Crippen molar-refractivity contribution in [1.29, 1.82) is 0 Å². The van der Waals surface area contributed by atoms with Gasteiger partial charge in [-0.25, -0.2) is 0 Å². The first-order chi connectivity index (χ1) is 6.81. The van der Waals surface area contributed by atoms with Crippen LogP contribution in [0.15, 0.2) is 12.3 Å². The van der Waals surface area contributed by atoms with E-state index in [0.717, 1.165) is 32.1 Å². The molecule has 0 saturated carbocycles. The summed E-state index contributed by atoms with van der Waals surface area (Å²) in [6, 6.07) is 0. The molecule has 0 aliphatic rings. The summed E-state index contributed by atoms with van der Waals surface area (Å²) in [5.74, 6) is -0.105. The molecule has 0 saturated heterocycles. The zero-order chi connectivity index (χ0) is 10.6. The number of carbonyl (C=O) groups excluding carboxylic acids is 1. The molecule has 0 heterocycles. The highest BCUT2D eigenvalue weighted by Gasteiger charge is 1.98. The maximum Gasteiger partial charge on any atom is 0.310 e. The molecule has 0 rings (SSSR count). The van der Waals surface area contributed by atoms with E-state index >= 15 is 0 Å². The monoisotopic (exact) mass is 198 g/mol. The maximum atomic E-state index is 11.1. The molecule has 0 bridgehead atoms. The van der Waals surface area contributed by atoms with E-state index in [9.17, 15) is 4.79 Å². The summed E-state index contributed by atoms with van der Waals surface area (Å²) >= 11 is 0. The van der Waals surface area contributed by atoms with Gasteiger partial charge in [-0.05, 0) is 25.3 Å². The van der Waals surface area contributed by atoms with E-state index in [4.69, 9.17) is 4.74 Å². The normalized spacial score (nSPS) is 10.7. The van der Waals surface area contributed by atoms with E-state index in [1.807, 2.05) is 6.08 Å². The molecule has 0 unspecified atom stereocenters. The Morgan fingerprint density at radius 3 is 2.50 bits per heavy atom. The minimum atomic E-state index is -0.105. The summed E-state index contributed by atoms with van der Waals surface area (Å²) in [4.78, 5) is 11.1. The lowest BCUT2D eigenvalue weighted by molar-refractivity contribution is -0.138. The highest BCUT2D eigenvalue weighted by Crippen LogP contribution is 2.01. The summed E-state index contributed by atoms with van der Waals surface area (Å²) in [5, 5.41) is 0. The molecule has 0 radical (unpaired) electrons. The molecule has 0 N–H and O–H groups in total. The van der Waals surface area contributed by atoms with Gasteiger partial charge in [-0.1, -0.05) is 33.1 Å². The van der Waals surface area contributed by atoms with Gasteiger partial charge in [0.05, 0.1) is 6.26 Å². The third-order valence-corrected chi connectivity index (χ3v) is 2.00. The average molecular weight is 198 g/mol. The van der Waals surface area contributed by atoms with Crippen LogP contribution < -0.4 is 0 Å². The number of hydrogen-bond donors (Lipinski definition) is 0. The van der Waals surface area contributed by atoms with Crippen molar-refractivity contribution in [2.75, 3.05) is 0 Å². The van der Waals surface area contributed by atoms with Crippen molar-refractivity contribution < 1.29 is 9.53 Å². The molecule has 0 aromatic heterocycles. The third-order valence-electron chi connectivity index (χ3n) is 2.00. The molecular weight excluding hydrogens is 176 g/mol. The second-order valence-electron chi connectivity index (χ2n) is 3.46. The summed E-state index contributed by atoms with van der Waals surface area (Å²) < 4.78 is 4.92. The Kier molecular flexibility index (Phi) is 9.71. The van der Waals surface area contributed by atoms with Gasteiger partial charge in [0.2, 0.25) is 0 Å². The number of ether oxygens (including phenoxy) is 1. The fourth-order valence-corrected chi connectivity index (χ4v) is 1.09. The predicted octanol–water partition coefficient (Wildman–Crippen LogP) is 3.81. The maximum absolute atomic E-state index is 11.1. The van der Waals surface area contributed by atoms with Gasteiger partial charge in [-0.3, -0.25) is 4.79 Å². The van der Waals surface area contributed by atoms with Gasteiger partial charge < -0.3 is 4.74 Å². The molecule has 82 valence electrons. The predicted molar refractivity (Wildman–Crippen MR) is 58.9 cm³/mol. The van der Waals surface area contributed by atoms with Gasteiger partial charge in [0, 0.05) is 6.42 Å². The van der Waals surface area contributed by atoms with E-state index in [1.165, 1.54) is 12.7 Å². The van der Waals surface area contributed by atoms with Crippen molar-refractivity contribution in [3.63, 3.8) is 0 Å². The second-order valence-corrected chi connectivity index (χ2v) is 3.46. The van der Waals surface area contributed by atoms with Crippen LogP contribution in [0.2, 0.25) is 0 Å². The first-order valence-corrected chi connectivity index (χ1v) is 5.65. The molecule has 0 aromatic rings. The summed E-state index contributed by atoms with van der Waals surface area (Å²) in [6.45, 7) is 4.26. The van der Waals surface area contributed by atoms with Crippen molar-refractivity contribution in [2.24, 2.45) is 0 Å². The van der Waals surface area contributed by atoms with Gasteiger partial charge in [0.15, 0.2) is 0 Å². The van der Waals surface area contributed by atoms with Crippen LogP contribution in [0, 0.1) is 0 Å².